The second kappa shape index (κ2) is 23.4. The summed E-state index contributed by atoms with van der Waals surface area (Å²) in [5, 5.41) is 0. The highest BCUT2D eigenvalue weighted by atomic mass is 127. The monoisotopic (exact) mass is 556 g/mol. The van der Waals surface area contributed by atoms with Crippen LogP contribution in [0.3, 0.4) is 0 Å². The summed E-state index contributed by atoms with van der Waals surface area (Å²) in [6.45, 7) is 3.63. The minimum Gasteiger partial charge on any atom is -1.00 e. The topological polar surface area (TPSA) is 35.0 Å². The van der Waals surface area contributed by atoms with Crippen LogP contribution in [0.4, 0.5) is 0 Å². The smallest absolute Gasteiger partial charge is 0.0780 e. The molecule has 0 saturated carbocycles. The highest BCUT2D eigenvalue weighted by Crippen LogP contribution is 2.13. The van der Waals surface area contributed by atoms with Gasteiger partial charge >= 0.3 is 0 Å². The van der Waals surface area contributed by atoms with Gasteiger partial charge in [0.05, 0.1) is 27.7 Å². The van der Waals surface area contributed by atoms with Crippen LogP contribution in [0.5, 0.6) is 0 Å². The minimum absolute atomic E-state index is 0. The molecule has 0 rings (SSSR count). The molecule has 0 aliphatic heterocycles. The lowest BCUT2D eigenvalue weighted by molar-refractivity contribution is -0.870. The van der Waals surface area contributed by atoms with Crippen molar-refractivity contribution < 1.29 is 28.5 Å². The van der Waals surface area contributed by atoms with Gasteiger partial charge in [0.25, 0.3) is 0 Å². The Morgan fingerprint density at radius 2 is 0.783 bits per heavy atom. The van der Waals surface area contributed by atoms with Crippen LogP contribution >= 0.6 is 24.0 Å². The predicted molar refractivity (Wildman–Crippen MR) is 114 cm³/mol. The van der Waals surface area contributed by atoms with Crippen molar-refractivity contribution in [2.24, 2.45) is 0 Å². The van der Waals surface area contributed by atoms with E-state index in [0.717, 1.165) is 4.48 Å². The Labute approximate surface area is 182 Å². The van der Waals surface area contributed by atoms with Gasteiger partial charge in [-0.05, 0) is 12.8 Å². The molecule has 0 fully saturated rings. The Morgan fingerprint density at radius 3 is 1.04 bits per heavy atom. The highest BCUT2D eigenvalue weighted by Gasteiger charge is 2.04. The first kappa shape index (κ1) is 32.1. The van der Waals surface area contributed by atoms with E-state index in [1.807, 2.05) is 0 Å². The molecule has 4 heteroatoms. The quantitative estimate of drug-likeness (QED) is 0.185. The maximum Gasteiger partial charge on any atom is 0.0780 e. The molecule has 0 saturated heterocycles. The number of hydrogen-bond donors (Lipinski definition) is 1. The maximum absolute atomic E-state index is 2.29. The first-order valence-electron chi connectivity index (χ1n) is 9.36. The molecule has 0 aromatic carbocycles. The van der Waals surface area contributed by atoms with Crippen molar-refractivity contribution in [2.75, 3.05) is 27.7 Å². The number of hydrogen-bond acceptors (Lipinski definition) is 1. The molecule has 146 valence electrons. The third-order valence-corrected chi connectivity index (χ3v) is 4.18. The Morgan fingerprint density at radius 1 is 0.522 bits per heavy atom. The van der Waals surface area contributed by atoms with E-state index in [-0.39, 0.29) is 54.1 Å². The van der Waals surface area contributed by atoms with Gasteiger partial charge in [-0.25, -0.2) is 0 Å². The van der Waals surface area contributed by atoms with E-state index in [9.17, 15) is 0 Å². The van der Waals surface area contributed by atoms with Crippen molar-refractivity contribution in [1.82, 2.24) is 6.15 Å². The molecule has 0 aliphatic rings. The molecule has 3 N–H and O–H groups in total. The first-order chi connectivity index (χ1) is 9.56. The Kier molecular flexibility index (Phi) is 32.6. The van der Waals surface area contributed by atoms with Gasteiger partial charge in [-0.3, -0.25) is 0 Å². The van der Waals surface area contributed by atoms with E-state index in [1.165, 1.54) is 96.4 Å². The van der Waals surface area contributed by atoms with Crippen LogP contribution in [0, 0.1) is 0 Å². The lowest BCUT2D eigenvalue weighted by atomic mass is 10.0. The molecular weight excluding hydrogens is 510 g/mol. The van der Waals surface area contributed by atoms with Crippen LogP contribution in [0.2, 0.25) is 0 Å². The predicted octanol–water partition coefficient (Wildman–Crippen LogP) is 3.96. The first-order valence-corrected chi connectivity index (χ1v) is 9.36. The van der Waals surface area contributed by atoms with E-state index >= 15 is 0 Å². The Hall–Kier alpha value is 1.38. The van der Waals surface area contributed by atoms with Crippen LogP contribution in [-0.2, 0) is 0 Å². The molecule has 0 heterocycles. The molecule has 2 nitrogen and oxygen atoms in total. The van der Waals surface area contributed by atoms with Gasteiger partial charge in [0, 0.05) is 0 Å². The van der Waals surface area contributed by atoms with Crippen LogP contribution in [0.25, 0.3) is 0 Å². The van der Waals surface area contributed by atoms with Gasteiger partial charge in [0.15, 0.2) is 0 Å². The third-order valence-electron chi connectivity index (χ3n) is 4.18. The number of rotatable bonds is 15. The number of quaternary nitrogens is 1. The van der Waals surface area contributed by atoms with Crippen molar-refractivity contribution in [3.63, 3.8) is 0 Å². The zero-order valence-electron chi connectivity index (χ0n) is 16.5. The average Bonchev–Trinajstić information content (AvgIpc) is 2.38. The minimum atomic E-state index is 0. The third kappa shape index (κ3) is 31.6. The molecule has 0 bridgehead atoms. The van der Waals surface area contributed by atoms with Crippen molar-refractivity contribution in [1.29, 1.82) is 0 Å². The molecule has 0 unspecified atom stereocenters. The fourth-order valence-corrected chi connectivity index (χ4v) is 2.78. The molecule has 0 amide bonds. The second-order valence-corrected chi connectivity index (χ2v) is 7.61. The summed E-state index contributed by atoms with van der Waals surface area (Å²) in [4.78, 5) is 0. The second-order valence-electron chi connectivity index (χ2n) is 7.61. The van der Waals surface area contributed by atoms with E-state index in [4.69, 9.17) is 0 Å². The van der Waals surface area contributed by atoms with Gasteiger partial charge in [-0.2, -0.15) is 0 Å². The molecule has 0 aromatic heterocycles. The van der Waals surface area contributed by atoms with Gasteiger partial charge in [0.1, 0.15) is 0 Å². The van der Waals surface area contributed by atoms with Gasteiger partial charge in [-0.1, -0.05) is 84.0 Å². The van der Waals surface area contributed by atoms with Crippen LogP contribution in [0.15, 0.2) is 0 Å². The van der Waals surface area contributed by atoms with Crippen molar-refractivity contribution in [3.05, 3.63) is 0 Å². The summed E-state index contributed by atoms with van der Waals surface area (Å²) in [5.74, 6) is 0. The summed E-state index contributed by atoms with van der Waals surface area (Å²) in [5.41, 5.74) is 0. The normalized spacial score (nSPS) is 10.4. The SMILES string of the molecule is CCCCCCCCCCCCCCCC[N+](C)(C)C.I.N.[I-]. The summed E-state index contributed by atoms with van der Waals surface area (Å²) in [6, 6.07) is 0. The molecule has 0 radical (unpaired) electrons. The molecule has 23 heavy (non-hydrogen) atoms. The molecule has 0 aromatic rings. The largest absolute Gasteiger partial charge is 1.00 e. The molecule has 0 spiro atoms. The molecule has 0 aliphatic carbocycles. The lowest BCUT2D eigenvalue weighted by Gasteiger charge is -2.23. The van der Waals surface area contributed by atoms with Crippen molar-refractivity contribution in [2.45, 2.75) is 96.8 Å². The van der Waals surface area contributed by atoms with E-state index in [1.54, 1.807) is 0 Å². The molecule has 0 atom stereocenters. The Balaban J connectivity index is -0.000000602. The summed E-state index contributed by atoms with van der Waals surface area (Å²) in [6.07, 6.45) is 20.4. The van der Waals surface area contributed by atoms with Gasteiger partial charge in [0.2, 0.25) is 0 Å². The van der Waals surface area contributed by atoms with E-state index < -0.39 is 0 Å². The lowest BCUT2D eigenvalue weighted by Crippen LogP contribution is -3.00. The fraction of sp³-hybridized carbons (Fsp3) is 1.00. The maximum atomic E-state index is 2.29. The van der Waals surface area contributed by atoms with E-state index in [0.29, 0.717) is 0 Å². The molecular formula is C19H46I2N2. The summed E-state index contributed by atoms with van der Waals surface area (Å²) >= 11 is 0. The Bertz CT molecular complexity index is 194. The highest BCUT2D eigenvalue weighted by molar-refractivity contribution is 14.0. The number of unbranched alkanes of at least 4 members (excludes halogenated alkanes) is 13. The van der Waals surface area contributed by atoms with Crippen LogP contribution in [-0.4, -0.2) is 32.2 Å². The number of nitrogens with zero attached hydrogens (tertiary/aromatic N) is 1. The number of halogens is 2. The van der Waals surface area contributed by atoms with E-state index in [2.05, 4.69) is 28.1 Å². The van der Waals surface area contributed by atoms with Crippen LogP contribution in [0.1, 0.15) is 96.8 Å². The van der Waals surface area contributed by atoms with Crippen molar-refractivity contribution in [3.8, 4) is 0 Å². The zero-order chi connectivity index (χ0) is 15.1. The van der Waals surface area contributed by atoms with Gasteiger partial charge < -0.3 is 34.6 Å². The zero-order valence-corrected chi connectivity index (χ0v) is 21.0. The summed E-state index contributed by atoms with van der Waals surface area (Å²) in [7, 11) is 6.88. The standard InChI is InChI=1S/C19H42N.2HI.H3N/c1-5-6-7-8-9-10-11-12-13-14-15-16-17-18-19-20(2,3)4;;;/h5-19H2,1-4H3;2*1H;1H3/q+1;;;/p-1. The fourth-order valence-electron chi connectivity index (χ4n) is 2.78. The van der Waals surface area contributed by atoms with Crippen molar-refractivity contribution >= 4 is 24.0 Å². The summed E-state index contributed by atoms with van der Waals surface area (Å²) < 4.78 is 1.12. The van der Waals surface area contributed by atoms with Gasteiger partial charge in [-0.15, -0.1) is 24.0 Å². The van der Waals surface area contributed by atoms with Crippen LogP contribution < -0.4 is 30.1 Å². The average molecular weight is 556 g/mol.